The molecule has 11 heteroatoms. The Labute approximate surface area is 176 Å². The predicted molar refractivity (Wildman–Crippen MR) is 116 cm³/mol. The molecular weight excluding hydrogens is 424 g/mol. The van der Waals surface area contributed by atoms with Crippen LogP contribution in [0.2, 0.25) is 0 Å². The average Bonchev–Trinajstić information content (AvgIpc) is 3.12. The summed E-state index contributed by atoms with van der Waals surface area (Å²) in [7, 11) is -3.75. The first kappa shape index (κ1) is 20.1. The lowest BCUT2D eigenvalue weighted by molar-refractivity contribution is 0.598. The Kier molecular flexibility index (Phi) is 5.33. The Morgan fingerprint density at radius 2 is 1.83 bits per heavy atom. The van der Waals surface area contributed by atoms with Crippen LogP contribution in [-0.2, 0) is 16.6 Å². The molecule has 0 unspecified atom stereocenters. The summed E-state index contributed by atoms with van der Waals surface area (Å²) in [6.45, 7) is 0.231. The first-order valence-electron chi connectivity index (χ1n) is 8.85. The highest BCUT2D eigenvalue weighted by Crippen LogP contribution is 2.24. The van der Waals surface area contributed by atoms with E-state index in [1.54, 1.807) is 16.8 Å². The molecule has 0 saturated heterocycles. The molecule has 2 heterocycles. The number of fused-ring (bicyclic) bond motifs is 1. The zero-order valence-corrected chi connectivity index (χ0v) is 17.5. The second kappa shape index (κ2) is 7.94. The van der Waals surface area contributed by atoms with Gasteiger partial charge in [-0.1, -0.05) is 18.2 Å². The Balaban J connectivity index is 1.68. The number of primary sulfonamides is 1. The van der Waals surface area contributed by atoms with E-state index in [-0.39, 0.29) is 17.0 Å². The van der Waals surface area contributed by atoms with Crippen LogP contribution in [0.5, 0.6) is 0 Å². The van der Waals surface area contributed by atoms with Crippen LogP contribution in [0.4, 0.5) is 5.69 Å². The first-order chi connectivity index (χ1) is 14.4. The number of H-pyrrole nitrogens is 1. The van der Waals surface area contributed by atoms with Gasteiger partial charge in [-0.05, 0) is 42.7 Å². The smallest absolute Gasteiger partial charge is 0.263 e. The van der Waals surface area contributed by atoms with E-state index < -0.39 is 10.0 Å². The number of hydrogen-bond donors (Lipinski definition) is 3. The lowest BCUT2D eigenvalue weighted by atomic mass is 10.3. The molecule has 0 aliphatic carbocycles. The maximum Gasteiger partial charge on any atom is 0.263 e. The number of sulfonamides is 1. The quantitative estimate of drug-likeness (QED) is 0.389. The number of hydrogen-bond acceptors (Lipinski definition) is 7. The van der Waals surface area contributed by atoms with E-state index in [2.05, 4.69) is 20.4 Å². The predicted octanol–water partition coefficient (Wildman–Crippen LogP) is 2.09. The van der Waals surface area contributed by atoms with Crippen LogP contribution in [0, 0.1) is 0 Å². The normalized spacial score (nSPS) is 11.7. The van der Waals surface area contributed by atoms with Crippen LogP contribution >= 0.6 is 11.8 Å². The van der Waals surface area contributed by atoms with Gasteiger partial charge in [-0.15, -0.1) is 11.8 Å². The van der Waals surface area contributed by atoms with Crippen LogP contribution in [0.15, 0.2) is 69.3 Å². The highest BCUT2D eigenvalue weighted by molar-refractivity contribution is 7.98. The number of aromatic amines is 1. The number of para-hydroxylation sites is 1. The third-order valence-corrected chi connectivity index (χ3v) is 5.99. The minimum absolute atomic E-state index is 0.0253. The summed E-state index contributed by atoms with van der Waals surface area (Å²) < 4.78 is 24.4. The standard InChI is InChI=1S/C19H18N6O3S2/c1-29-19-16-17(25(24-19)13-5-3-2-4-6-13)22-15(23-18(16)26)11-21-12-7-9-14(10-8-12)30(20,27)28/h2-10,21H,11H2,1H3,(H2,20,27,28)(H,22,23,26). The average molecular weight is 443 g/mol. The first-order valence-corrected chi connectivity index (χ1v) is 11.6. The fourth-order valence-electron chi connectivity index (χ4n) is 2.97. The van der Waals surface area contributed by atoms with Crippen LogP contribution in [-0.4, -0.2) is 34.4 Å². The van der Waals surface area contributed by atoms with Crippen molar-refractivity contribution in [2.45, 2.75) is 16.5 Å². The SMILES string of the molecule is CSc1nn(-c2ccccc2)c2nc(CNc3ccc(S(N)(=O)=O)cc3)[nH]c(=O)c12. The van der Waals surface area contributed by atoms with E-state index in [1.807, 2.05) is 36.6 Å². The van der Waals surface area contributed by atoms with Gasteiger partial charge in [-0.2, -0.15) is 5.10 Å². The van der Waals surface area contributed by atoms with Gasteiger partial charge < -0.3 is 10.3 Å². The molecule has 154 valence electrons. The number of nitrogens with zero attached hydrogens (tertiary/aromatic N) is 3. The molecule has 30 heavy (non-hydrogen) atoms. The van der Waals surface area contributed by atoms with Crippen molar-refractivity contribution in [1.82, 2.24) is 19.7 Å². The number of nitrogens with one attached hydrogen (secondary N) is 2. The molecule has 0 amide bonds. The van der Waals surface area contributed by atoms with Crippen molar-refractivity contribution in [3.63, 3.8) is 0 Å². The van der Waals surface area contributed by atoms with Gasteiger partial charge in [0.2, 0.25) is 10.0 Å². The number of aromatic nitrogens is 4. The van der Waals surface area contributed by atoms with E-state index in [0.717, 1.165) is 5.69 Å². The van der Waals surface area contributed by atoms with Crippen molar-refractivity contribution in [1.29, 1.82) is 0 Å². The Morgan fingerprint density at radius 1 is 1.13 bits per heavy atom. The van der Waals surface area contributed by atoms with Gasteiger partial charge in [0.1, 0.15) is 16.2 Å². The topological polar surface area (TPSA) is 136 Å². The van der Waals surface area contributed by atoms with Gasteiger partial charge >= 0.3 is 0 Å². The van der Waals surface area contributed by atoms with Crippen molar-refractivity contribution in [3.05, 3.63) is 70.8 Å². The summed E-state index contributed by atoms with van der Waals surface area (Å²) in [6, 6.07) is 15.5. The van der Waals surface area contributed by atoms with Crippen molar-refractivity contribution in [2.24, 2.45) is 5.14 Å². The number of rotatable bonds is 6. The van der Waals surface area contributed by atoms with Gasteiger partial charge in [-0.25, -0.2) is 23.2 Å². The molecule has 2 aromatic heterocycles. The molecule has 0 radical (unpaired) electrons. The lowest BCUT2D eigenvalue weighted by Crippen LogP contribution is -2.15. The molecule has 4 aromatic rings. The van der Waals surface area contributed by atoms with Gasteiger partial charge in [-0.3, -0.25) is 4.79 Å². The van der Waals surface area contributed by atoms with Crippen LogP contribution in [0.3, 0.4) is 0 Å². The van der Waals surface area contributed by atoms with Gasteiger partial charge in [0.15, 0.2) is 5.65 Å². The molecule has 9 nitrogen and oxygen atoms in total. The van der Waals surface area contributed by atoms with E-state index >= 15 is 0 Å². The molecule has 0 spiro atoms. The van der Waals surface area contributed by atoms with Crippen molar-refractivity contribution >= 4 is 38.5 Å². The second-order valence-corrected chi connectivity index (χ2v) is 8.75. The largest absolute Gasteiger partial charge is 0.378 e. The zero-order chi connectivity index (χ0) is 21.3. The second-order valence-electron chi connectivity index (χ2n) is 6.39. The Bertz CT molecular complexity index is 1360. The number of benzene rings is 2. The summed E-state index contributed by atoms with van der Waals surface area (Å²) in [5.41, 5.74) is 1.66. The molecule has 0 atom stereocenters. The number of anilines is 1. The van der Waals surface area contributed by atoms with Crippen LogP contribution in [0.25, 0.3) is 16.7 Å². The van der Waals surface area contributed by atoms with E-state index in [9.17, 15) is 13.2 Å². The third kappa shape index (κ3) is 3.95. The van der Waals surface area contributed by atoms with E-state index in [4.69, 9.17) is 5.14 Å². The Morgan fingerprint density at radius 3 is 2.47 bits per heavy atom. The fraction of sp³-hybridized carbons (Fsp3) is 0.105. The molecule has 4 N–H and O–H groups in total. The molecular formula is C19H18N6O3S2. The zero-order valence-electron chi connectivity index (χ0n) is 15.9. The van der Waals surface area contributed by atoms with Crippen LogP contribution in [0.1, 0.15) is 5.82 Å². The molecule has 0 fully saturated rings. The number of nitrogens with two attached hydrogens (primary N) is 1. The highest BCUT2D eigenvalue weighted by Gasteiger charge is 2.17. The van der Waals surface area contributed by atoms with Crippen molar-refractivity contribution in [3.8, 4) is 5.69 Å². The van der Waals surface area contributed by atoms with Gasteiger partial charge in [0.25, 0.3) is 5.56 Å². The van der Waals surface area contributed by atoms with Gasteiger partial charge in [0, 0.05) is 5.69 Å². The maximum atomic E-state index is 12.7. The summed E-state index contributed by atoms with van der Waals surface area (Å²) >= 11 is 1.38. The summed E-state index contributed by atoms with van der Waals surface area (Å²) in [5, 5.41) is 13.8. The minimum Gasteiger partial charge on any atom is -0.378 e. The molecule has 2 aromatic carbocycles. The number of thioether (sulfide) groups is 1. The summed E-state index contributed by atoms with van der Waals surface area (Å²) in [4.78, 5) is 20.1. The van der Waals surface area contributed by atoms with Crippen LogP contribution < -0.4 is 16.0 Å². The fourth-order valence-corrected chi connectivity index (χ4v) is 4.03. The van der Waals surface area contributed by atoms with Crippen molar-refractivity contribution < 1.29 is 8.42 Å². The minimum atomic E-state index is -3.75. The Hall–Kier alpha value is -3.15. The van der Waals surface area contributed by atoms with E-state index in [0.29, 0.717) is 27.6 Å². The highest BCUT2D eigenvalue weighted by atomic mass is 32.2. The monoisotopic (exact) mass is 442 g/mol. The molecule has 0 aliphatic rings. The van der Waals surface area contributed by atoms with Crippen molar-refractivity contribution in [2.75, 3.05) is 11.6 Å². The molecule has 0 aliphatic heterocycles. The lowest BCUT2D eigenvalue weighted by Gasteiger charge is -2.08. The van der Waals surface area contributed by atoms with E-state index in [1.165, 1.54) is 23.9 Å². The maximum absolute atomic E-state index is 12.7. The summed E-state index contributed by atoms with van der Waals surface area (Å²) in [6.07, 6.45) is 1.86. The molecule has 0 bridgehead atoms. The summed E-state index contributed by atoms with van der Waals surface area (Å²) in [5.74, 6) is 0.424. The molecule has 0 saturated carbocycles. The third-order valence-electron chi connectivity index (χ3n) is 4.39. The van der Waals surface area contributed by atoms with Gasteiger partial charge in [0.05, 0.1) is 17.1 Å². The molecule has 4 rings (SSSR count).